The van der Waals surface area contributed by atoms with E-state index in [4.69, 9.17) is 0 Å². The Morgan fingerprint density at radius 2 is 1.42 bits per heavy atom. The van der Waals surface area contributed by atoms with Gasteiger partial charge in [-0.25, -0.2) is 0 Å². The zero-order valence-electron chi connectivity index (χ0n) is 12.3. The maximum Gasteiger partial charge on any atom is 0.0541 e. The van der Waals surface area contributed by atoms with Crippen molar-refractivity contribution in [3.8, 4) is 0 Å². The van der Waals surface area contributed by atoms with Crippen LogP contribution in [-0.4, -0.2) is 59.8 Å². The molecule has 0 radical (unpaired) electrons. The number of nitrogens with zero attached hydrogens (tertiary/aromatic N) is 2. The Balaban J connectivity index is 1.39. The van der Waals surface area contributed by atoms with Crippen LogP contribution in [-0.2, 0) is 0 Å². The van der Waals surface area contributed by atoms with Gasteiger partial charge in [-0.2, -0.15) is 0 Å². The third-order valence-electron chi connectivity index (χ3n) is 5.55. The molecule has 0 unspecified atom stereocenters. The zero-order valence-corrected chi connectivity index (χ0v) is 12.3. The highest BCUT2D eigenvalue weighted by molar-refractivity contribution is 4.84. The average Bonchev–Trinajstić information content (AvgIpc) is 2.94. The van der Waals surface area contributed by atoms with Crippen molar-refractivity contribution in [2.45, 2.75) is 63.5 Å². The predicted molar refractivity (Wildman–Crippen MR) is 78.2 cm³/mol. The molecule has 1 N–H and O–H groups in total. The Bertz CT molecular complexity index is 262. The van der Waals surface area contributed by atoms with Gasteiger partial charge in [0, 0.05) is 12.6 Å². The monoisotopic (exact) mass is 266 g/mol. The Kier molecular flexibility index (Phi) is 4.78. The second-order valence-corrected chi connectivity index (χ2v) is 6.95. The first-order chi connectivity index (χ1) is 9.31. The van der Waals surface area contributed by atoms with Crippen molar-refractivity contribution in [1.29, 1.82) is 0 Å². The molecule has 3 rings (SSSR count). The summed E-state index contributed by atoms with van der Waals surface area (Å²) in [5, 5.41) is 9.60. The lowest BCUT2D eigenvalue weighted by atomic mass is 9.89. The van der Waals surface area contributed by atoms with Crippen LogP contribution in [0.3, 0.4) is 0 Å². The summed E-state index contributed by atoms with van der Waals surface area (Å²) >= 11 is 0. The SMILES string of the molecule is OC1CCC(N2CCC(CN3CCCC3)CC2)CC1. The van der Waals surface area contributed by atoms with E-state index in [0.717, 1.165) is 24.8 Å². The van der Waals surface area contributed by atoms with Crippen LogP contribution in [0.4, 0.5) is 0 Å². The van der Waals surface area contributed by atoms with Crippen LogP contribution in [0.15, 0.2) is 0 Å². The van der Waals surface area contributed by atoms with E-state index < -0.39 is 0 Å². The molecule has 2 heterocycles. The lowest BCUT2D eigenvalue weighted by molar-refractivity contribution is 0.0520. The van der Waals surface area contributed by atoms with Gasteiger partial charge >= 0.3 is 0 Å². The lowest BCUT2D eigenvalue weighted by Crippen LogP contribution is -2.45. The van der Waals surface area contributed by atoms with E-state index in [-0.39, 0.29) is 6.10 Å². The zero-order chi connectivity index (χ0) is 13.1. The van der Waals surface area contributed by atoms with Gasteiger partial charge in [-0.3, -0.25) is 0 Å². The third-order valence-corrected chi connectivity index (χ3v) is 5.55. The Hall–Kier alpha value is -0.120. The highest BCUT2D eigenvalue weighted by Crippen LogP contribution is 2.28. The summed E-state index contributed by atoms with van der Waals surface area (Å²) in [7, 11) is 0. The molecule has 110 valence electrons. The number of aliphatic hydroxyl groups excluding tert-OH is 1. The van der Waals surface area contributed by atoms with E-state index in [2.05, 4.69) is 9.80 Å². The molecule has 0 bridgehead atoms. The van der Waals surface area contributed by atoms with E-state index >= 15 is 0 Å². The van der Waals surface area contributed by atoms with Gasteiger partial charge in [0.1, 0.15) is 0 Å². The molecule has 3 nitrogen and oxygen atoms in total. The van der Waals surface area contributed by atoms with Crippen LogP contribution in [0.25, 0.3) is 0 Å². The summed E-state index contributed by atoms with van der Waals surface area (Å²) in [6.07, 6.45) is 10.1. The smallest absolute Gasteiger partial charge is 0.0541 e. The molecule has 3 aliphatic rings. The molecule has 1 aliphatic carbocycles. The standard InChI is InChI=1S/C16H30N2O/c19-16-5-3-15(4-6-16)18-11-7-14(8-12-18)13-17-9-1-2-10-17/h14-16,19H,1-13H2. The van der Waals surface area contributed by atoms with Crippen molar-refractivity contribution >= 4 is 0 Å². The van der Waals surface area contributed by atoms with Gasteiger partial charge in [-0.05, 0) is 83.5 Å². The normalized spacial score (nSPS) is 35.8. The molecule has 3 heteroatoms. The van der Waals surface area contributed by atoms with E-state index in [1.165, 1.54) is 71.2 Å². The van der Waals surface area contributed by atoms with Gasteiger partial charge in [-0.1, -0.05) is 0 Å². The number of piperidine rings is 1. The molecule has 0 aromatic heterocycles. The molecular weight excluding hydrogens is 236 g/mol. The molecule has 2 aliphatic heterocycles. The number of likely N-dealkylation sites (tertiary alicyclic amines) is 2. The third kappa shape index (κ3) is 3.71. The quantitative estimate of drug-likeness (QED) is 0.847. The van der Waals surface area contributed by atoms with Gasteiger partial charge in [0.15, 0.2) is 0 Å². The summed E-state index contributed by atoms with van der Waals surface area (Å²) in [5.74, 6) is 0.948. The summed E-state index contributed by atoms with van der Waals surface area (Å²) in [6, 6.07) is 0.774. The van der Waals surface area contributed by atoms with Crippen LogP contribution in [0.1, 0.15) is 51.4 Å². The van der Waals surface area contributed by atoms with Gasteiger partial charge in [0.05, 0.1) is 6.10 Å². The largest absolute Gasteiger partial charge is 0.393 e. The maximum atomic E-state index is 9.60. The molecule has 3 fully saturated rings. The molecule has 2 saturated heterocycles. The molecule has 0 aromatic carbocycles. The van der Waals surface area contributed by atoms with E-state index in [1.807, 2.05) is 0 Å². The van der Waals surface area contributed by atoms with E-state index in [9.17, 15) is 5.11 Å². The van der Waals surface area contributed by atoms with Crippen LogP contribution in [0, 0.1) is 5.92 Å². The minimum absolute atomic E-state index is 0.0102. The van der Waals surface area contributed by atoms with Crippen molar-refractivity contribution in [2.75, 3.05) is 32.7 Å². The predicted octanol–water partition coefficient (Wildman–Crippen LogP) is 2.10. The van der Waals surface area contributed by atoms with Crippen LogP contribution < -0.4 is 0 Å². The number of hydrogen-bond acceptors (Lipinski definition) is 3. The fourth-order valence-electron chi connectivity index (χ4n) is 4.25. The first-order valence-electron chi connectivity index (χ1n) is 8.46. The summed E-state index contributed by atoms with van der Waals surface area (Å²) in [4.78, 5) is 5.39. The van der Waals surface area contributed by atoms with Crippen molar-refractivity contribution in [1.82, 2.24) is 9.80 Å². The fraction of sp³-hybridized carbons (Fsp3) is 1.00. The molecule has 0 atom stereocenters. The average molecular weight is 266 g/mol. The second kappa shape index (κ2) is 6.55. The first kappa shape index (κ1) is 13.8. The number of hydrogen-bond donors (Lipinski definition) is 1. The molecular formula is C16H30N2O. The minimum Gasteiger partial charge on any atom is -0.393 e. The topological polar surface area (TPSA) is 26.7 Å². The Labute approximate surface area is 118 Å². The summed E-state index contributed by atoms with van der Waals surface area (Å²) in [5.41, 5.74) is 0. The number of rotatable bonds is 3. The van der Waals surface area contributed by atoms with E-state index in [0.29, 0.717) is 0 Å². The van der Waals surface area contributed by atoms with Gasteiger partial charge in [-0.15, -0.1) is 0 Å². The van der Waals surface area contributed by atoms with Crippen LogP contribution >= 0.6 is 0 Å². The van der Waals surface area contributed by atoms with Crippen LogP contribution in [0.5, 0.6) is 0 Å². The lowest BCUT2D eigenvalue weighted by Gasteiger charge is -2.40. The molecule has 0 amide bonds. The highest BCUT2D eigenvalue weighted by Gasteiger charge is 2.29. The molecule has 0 spiro atoms. The molecule has 19 heavy (non-hydrogen) atoms. The van der Waals surface area contributed by atoms with Crippen molar-refractivity contribution in [3.05, 3.63) is 0 Å². The van der Waals surface area contributed by atoms with Gasteiger partial charge in [0.2, 0.25) is 0 Å². The van der Waals surface area contributed by atoms with E-state index in [1.54, 1.807) is 0 Å². The summed E-state index contributed by atoms with van der Waals surface area (Å²) < 4.78 is 0. The fourth-order valence-corrected chi connectivity index (χ4v) is 4.25. The number of aliphatic hydroxyl groups is 1. The van der Waals surface area contributed by atoms with Crippen molar-refractivity contribution in [2.24, 2.45) is 5.92 Å². The van der Waals surface area contributed by atoms with Crippen LogP contribution in [0.2, 0.25) is 0 Å². The van der Waals surface area contributed by atoms with Gasteiger partial charge in [0.25, 0.3) is 0 Å². The first-order valence-corrected chi connectivity index (χ1v) is 8.46. The Morgan fingerprint density at radius 1 is 0.789 bits per heavy atom. The molecule has 0 aromatic rings. The maximum absolute atomic E-state index is 9.60. The second-order valence-electron chi connectivity index (χ2n) is 6.95. The molecule has 1 saturated carbocycles. The Morgan fingerprint density at radius 3 is 2.05 bits per heavy atom. The highest BCUT2D eigenvalue weighted by atomic mass is 16.3. The van der Waals surface area contributed by atoms with Crippen molar-refractivity contribution < 1.29 is 5.11 Å². The summed E-state index contributed by atoms with van der Waals surface area (Å²) in [6.45, 7) is 6.66. The minimum atomic E-state index is -0.0102. The van der Waals surface area contributed by atoms with Gasteiger partial charge < -0.3 is 14.9 Å². The van der Waals surface area contributed by atoms with Crippen molar-refractivity contribution in [3.63, 3.8) is 0 Å².